The summed E-state index contributed by atoms with van der Waals surface area (Å²) in [7, 11) is 0. The summed E-state index contributed by atoms with van der Waals surface area (Å²) in [6, 6.07) is 9.65. The number of fused-ring (bicyclic) bond motifs is 2. The number of amides is 1. The first-order valence-electron chi connectivity index (χ1n) is 8.63. The van der Waals surface area contributed by atoms with Crippen LogP contribution in [0, 0.1) is 0 Å². The van der Waals surface area contributed by atoms with E-state index in [1.165, 1.54) is 6.33 Å². The molecule has 1 aromatic heterocycles. The molecule has 2 aliphatic heterocycles. The SMILES string of the molecule is O=C(OCc1ccccc1)N1[C@@H]2CC[C@H]1CC(O)(c1cncnc1)C2. The van der Waals surface area contributed by atoms with E-state index in [9.17, 15) is 9.90 Å². The van der Waals surface area contributed by atoms with Crippen LogP contribution in [0.2, 0.25) is 0 Å². The Hall–Kier alpha value is -2.47. The Morgan fingerprint density at radius 2 is 1.80 bits per heavy atom. The van der Waals surface area contributed by atoms with Gasteiger partial charge in [0.1, 0.15) is 12.9 Å². The number of carbonyl (C=O) groups excluding carboxylic acids is 1. The van der Waals surface area contributed by atoms with Crippen molar-refractivity contribution in [3.05, 3.63) is 60.2 Å². The summed E-state index contributed by atoms with van der Waals surface area (Å²) in [5.41, 5.74) is 0.728. The highest BCUT2D eigenvalue weighted by molar-refractivity contribution is 5.69. The Balaban J connectivity index is 1.44. The van der Waals surface area contributed by atoms with Gasteiger partial charge in [0.2, 0.25) is 0 Å². The molecule has 2 bridgehead atoms. The van der Waals surface area contributed by atoms with E-state index in [0.717, 1.165) is 24.0 Å². The van der Waals surface area contributed by atoms with E-state index in [1.54, 1.807) is 12.4 Å². The van der Waals surface area contributed by atoms with Crippen molar-refractivity contribution in [1.29, 1.82) is 0 Å². The molecular formula is C19H21N3O3. The second-order valence-electron chi connectivity index (χ2n) is 6.90. The number of ether oxygens (including phenoxy) is 1. The van der Waals surface area contributed by atoms with Gasteiger partial charge in [0, 0.05) is 42.9 Å². The summed E-state index contributed by atoms with van der Waals surface area (Å²) in [4.78, 5) is 22.4. The fourth-order valence-corrected chi connectivity index (χ4v) is 4.09. The van der Waals surface area contributed by atoms with Gasteiger partial charge >= 0.3 is 6.09 Å². The minimum Gasteiger partial charge on any atom is -0.445 e. The predicted octanol–water partition coefficient (Wildman–Crippen LogP) is 2.63. The summed E-state index contributed by atoms with van der Waals surface area (Å²) >= 11 is 0. The highest BCUT2D eigenvalue weighted by Crippen LogP contribution is 2.45. The molecule has 0 radical (unpaired) electrons. The van der Waals surface area contributed by atoms with Gasteiger partial charge in [-0.1, -0.05) is 30.3 Å². The van der Waals surface area contributed by atoms with Crippen LogP contribution >= 0.6 is 0 Å². The number of carbonyl (C=O) groups is 1. The molecule has 3 atom stereocenters. The normalized spacial score (nSPS) is 28.0. The zero-order valence-corrected chi connectivity index (χ0v) is 13.9. The van der Waals surface area contributed by atoms with Crippen LogP contribution in [-0.4, -0.2) is 38.2 Å². The molecule has 130 valence electrons. The molecule has 0 aliphatic carbocycles. The van der Waals surface area contributed by atoms with Crippen molar-refractivity contribution in [3.63, 3.8) is 0 Å². The number of hydrogen-bond acceptors (Lipinski definition) is 5. The molecule has 6 heteroatoms. The zero-order valence-electron chi connectivity index (χ0n) is 13.9. The molecular weight excluding hydrogens is 318 g/mol. The number of benzene rings is 1. The molecule has 2 saturated heterocycles. The largest absolute Gasteiger partial charge is 0.445 e. The molecule has 4 rings (SSSR count). The van der Waals surface area contributed by atoms with Crippen molar-refractivity contribution >= 4 is 6.09 Å². The van der Waals surface area contributed by atoms with Gasteiger partial charge in [-0.3, -0.25) is 0 Å². The third-order valence-corrected chi connectivity index (χ3v) is 5.28. The summed E-state index contributed by atoms with van der Waals surface area (Å²) < 4.78 is 5.50. The van der Waals surface area contributed by atoms with Crippen LogP contribution in [-0.2, 0) is 16.9 Å². The summed E-state index contributed by atoms with van der Waals surface area (Å²) in [6.07, 6.45) is 7.27. The first-order chi connectivity index (χ1) is 12.2. The Labute approximate surface area is 146 Å². The second-order valence-corrected chi connectivity index (χ2v) is 6.90. The Morgan fingerprint density at radius 1 is 1.16 bits per heavy atom. The van der Waals surface area contributed by atoms with Crippen LogP contribution in [0.1, 0.15) is 36.8 Å². The molecule has 0 spiro atoms. The number of aliphatic hydroxyl groups is 1. The summed E-state index contributed by atoms with van der Waals surface area (Å²) in [6.45, 7) is 0.270. The second kappa shape index (κ2) is 6.44. The van der Waals surface area contributed by atoms with Gasteiger partial charge in [0.25, 0.3) is 0 Å². The van der Waals surface area contributed by atoms with Gasteiger partial charge < -0.3 is 14.7 Å². The first-order valence-corrected chi connectivity index (χ1v) is 8.63. The van der Waals surface area contributed by atoms with Gasteiger partial charge in [0.15, 0.2) is 0 Å². The topological polar surface area (TPSA) is 75.5 Å². The molecule has 6 nitrogen and oxygen atoms in total. The molecule has 2 aromatic rings. The van der Waals surface area contributed by atoms with Crippen LogP contribution < -0.4 is 0 Å². The minimum absolute atomic E-state index is 0.00719. The number of rotatable bonds is 3. The van der Waals surface area contributed by atoms with Gasteiger partial charge in [-0.25, -0.2) is 14.8 Å². The number of aromatic nitrogens is 2. The fourth-order valence-electron chi connectivity index (χ4n) is 4.09. The highest BCUT2D eigenvalue weighted by Gasteiger charge is 2.50. The molecule has 1 amide bonds. The number of hydrogen-bond donors (Lipinski definition) is 1. The van der Waals surface area contributed by atoms with Crippen molar-refractivity contribution in [2.45, 2.75) is 50.0 Å². The Morgan fingerprint density at radius 3 is 2.44 bits per heavy atom. The molecule has 1 unspecified atom stereocenters. The maximum Gasteiger partial charge on any atom is 0.410 e. The van der Waals surface area contributed by atoms with E-state index in [2.05, 4.69) is 9.97 Å². The van der Waals surface area contributed by atoms with Crippen LogP contribution in [0.15, 0.2) is 49.1 Å². The quantitative estimate of drug-likeness (QED) is 0.930. The molecule has 1 N–H and O–H groups in total. The maximum atomic E-state index is 12.6. The summed E-state index contributed by atoms with van der Waals surface area (Å²) in [5, 5.41) is 11.1. The van der Waals surface area contributed by atoms with Crippen LogP contribution in [0.3, 0.4) is 0 Å². The van der Waals surface area contributed by atoms with E-state index < -0.39 is 5.60 Å². The van der Waals surface area contributed by atoms with Crippen LogP contribution in [0.5, 0.6) is 0 Å². The molecule has 2 fully saturated rings. The standard InChI is InChI=1S/C19H21N3O3/c23-18(25-12-14-4-2-1-3-5-14)22-16-6-7-17(22)9-19(24,8-16)15-10-20-13-21-11-15/h1-5,10-11,13,16-17,24H,6-9,12H2/t16-,17+,19?. The van der Waals surface area contributed by atoms with Gasteiger partial charge in [-0.15, -0.1) is 0 Å². The smallest absolute Gasteiger partial charge is 0.410 e. The van der Waals surface area contributed by atoms with E-state index in [1.807, 2.05) is 35.2 Å². The van der Waals surface area contributed by atoms with Crippen molar-refractivity contribution < 1.29 is 14.6 Å². The van der Waals surface area contributed by atoms with Crippen LogP contribution in [0.4, 0.5) is 4.79 Å². The van der Waals surface area contributed by atoms with E-state index in [4.69, 9.17) is 4.74 Å². The number of piperidine rings is 1. The van der Waals surface area contributed by atoms with E-state index >= 15 is 0 Å². The number of nitrogens with zero attached hydrogens (tertiary/aromatic N) is 3. The molecule has 1 aromatic carbocycles. The lowest BCUT2D eigenvalue weighted by Crippen LogP contribution is -2.52. The van der Waals surface area contributed by atoms with Crippen molar-refractivity contribution in [1.82, 2.24) is 14.9 Å². The van der Waals surface area contributed by atoms with E-state index in [-0.39, 0.29) is 24.8 Å². The average molecular weight is 339 g/mol. The summed E-state index contributed by atoms with van der Waals surface area (Å²) in [5.74, 6) is 0. The zero-order chi connectivity index (χ0) is 17.3. The third-order valence-electron chi connectivity index (χ3n) is 5.28. The monoisotopic (exact) mass is 339 g/mol. The average Bonchev–Trinajstić information content (AvgIpc) is 2.93. The molecule has 2 aliphatic rings. The Kier molecular flexibility index (Phi) is 4.13. The van der Waals surface area contributed by atoms with E-state index in [0.29, 0.717) is 12.8 Å². The molecule has 3 heterocycles. The van der Waals surface area contributed by atoms with Crippen molar-refractivity contribution in [3.8, 4) is 0 Å². The highest BCUT2D eigenvalue weighted by atomic mass is 16.6. The molecule has 0 saturated carbocycles. The van der Waals surface area contributed by atoms with Crippen molar-refractivity contribution in [2.75, 3.05) is 0 Å². The lowest BCUT2D eigenvalue weighted by molar-refractivity contribution is -0.0540. The first kappa shape index (κ1) is 16.0. The molecule has 25 heavy (non-hydrogen) atoms. The lowest BCUT2D eigenvalue weighted by atomic mass is 9.82. The van der Waals surface area contributed by atoms with Gasteiger partial charge in [-0.2, -0.15) is 0 Å². The van der Waals surface area contributed by atoms with Gasteiger partial charge in [-0.05, 0) is 18.4 Å². The van der Waals surface area contributed by atoms with Crippen LogP contribution in [0.25, 0.3) is 0 Å². The lowest BCUT2D eigenvalue weighted by Gasteiger charge is -2.43. The Bertz CT molecular complexity index is 724. The fraction of sp³-hybridized carbons (Fsp3) is 0.421. The van der Waals surface area contributed by atoms with Crippen molar-refractivity contribution in [2.24, 2.45) is 0 Å². The third kappa shape index (κ3) is 3.09. The van der Waals surface area contributed by atoms with Gasteiger partial charge in [0.05, 0.1) is 5.60 Å². The maximum absolute atomic E-state index is 12.6. The minimum atomic E-state index is -0.969. The predicted molar refractivity (Wildman–Crippen MR) is 90.4 cm³/mol.